The van der Waals surface area contributed by atoms with Crippen molar-refractivity contribution in [1.29, 1.82) is 0 Å². The van der Waals surface area contributed by atoms with E-state index >= 15 is 0 Å². The van der Waals surface area contributed by atoms with Gasteiger partial charge in [0, 0.05) is 38.2 Å². The van der Waals surface area contributed by atoms with E-state index in [2.05, 4.69) is 4.98 Å². The summed E-state index contributed by atoms with van der Waals surface area (Å²) >= 11 is 0. The van der Waals surface area contributed by atoms with Crippen molar-refractivity contribution < 1.29 is 13.2 Å². The van der Waals surface area contributed by atoms with E-state index in [1.54, 1.807) is 46.8 Å². The standard InChI is InChI=1S/C19H21N3O3S/c1-21-18-3-2-17(12-16(18)13-19(21)23)26(24,25)22-10-6-15(7-11-22)14-4-8-20-9-5-14/h2-5,8-9,12,15H,6-7,10-11,13H2,1H3. The zero-order chi connectivity index (χ0) is 18.3. The molecule has 0 atom stereocenters. The number of carbonyl (C=O) groups excluding carboxylic acids is 1. The Balaban J connectivity index is 1.52. The number of hydrogen-bond acceptors (Lipinski definition) is 4. The van der Waals surface area contributed by atoms with Gasteiger partial charge in [0.05, 0.1) is 11.3 Å². The zero-order valence-corrected chi connectivity index (χ0v) is 15.4. The van der Waals surface area contributed by atoms with Crippen molar-refractivity contribution in [1.82, 2.24) is 9.29 Å². The first-order valence-corrected chi connectivity index (χ1v) is 10.2. The van der Waals surface area contributed by atoms with Gasteiger partial charge in [0.25, 0.3) is 0 Å². The van der Waals surface area contributed by atoms with Crippen molar-refractivity contribution in [3.8, 4) is 0 Å². The van der Waals surface area contributed by atoms with E-state index in [-0.39, 0.29) is 17.2 Å². The molecule has 1 aromatic heterocycles. The number of amides is 1. The van der Waals surface area contributed by atoms with Gasteiger partial charge < -0.3 is 4.90 Å². The summed E-state index contributed by atoms with van der Waals surface area (Å²) in [6.07, 6.45) is 5.42. The molecule has 0 N–H and O–H groups in total. The molecule has 1 saturated heterocycles. The van der Waals surface area contributed by atoms with E-state index in [1.807, 2.05) is 12.1 Å². The Bertz CT molecular complexity index is 936. The summed E-state index contributed by atoms with van der Waals surface area (Å²) in [6, 6.07) is 9.00. The Morgan fingerprint density at radius 1 is 1.08 bits per heavy atom. The van der Waals surface area contributed by atoms with Crippen molar-refractivity contribution in [3.05, 3.63) is 53.9 Å². The lowest BCUT2D eigenvalue weighted by molar-refractivity contribution is -0.117. The van der Waals surface area contributed by atoms with Crippen LogP contribution in [0.2, 0.25) is 0 Å². The maximum atomic E-state index is 13.0. The second kappa shape index (κ2) is 6.48. The van der Waals surface area contributed by atoms with Crippen molar-refractivity contribution in [3.63, 3.8) is 0 Å². The number of piperidine rings is 1. The molecule has 0 bridgehead atoms. The van der Waals surface area contributed by atoms with E-state index in [1.165, 1.54) is 5.56 Å². The molecule has 7 heteroatoms. The lowest BCUT2D eigenvalue weighted by Gasteiger charge is -2.31. The average molecular weight is 371 g/mol. The quantitative estimate of drug-likeness (QED) is 0.829. The van der Waals surface area contributed by atoms with E-state index in [4.69, 9.17) is 0 Å². The highest BCUT2D eigenvalue weighted by Crippen LogP contribution is 2.33. The number of benzene rings is 1. The normalized spacial score (nSPS) is 19.0. The summed E-state index contributed by atoms with van der Waals surface area (Å²) < 4.78 is 27.6. The van der Waals surface area contributed by atoms with Crippen LogP contribution in [0.25, 0.3) is 0 Å². The summed E-state index contributed by atoms with van der Waals surface area (Å²) in [6.45, 7) is 1.01. The monoisotopic (exact) mass is 371 g/mol. The molecule has 0 aliphatic carbocycles. The van der Waals surface area contributed by atoms with Gasteiger partial charge in [0.2, 0.25) is 15.9 Å². The molecule has 2 aliphatic heterocycles. The van der Waals surface area contributed by atoms with Crippen LogP contribution in [0.3, 0.4) is 0 Å². The van der Waals surface area contributed by atoms with E-state index in [0.717, 1.165) is 24.1 Å². The van der Waals surface area contributed by atoms with E-state index < -0.39 is 10.0 Å². The fourth-order valence-electron chi connectivity index (χ4n) is 3.82. The lowest BCUT2D eigenvalue weighted by Crippen LogP contribution is -2.37. The molecular weight excluding hydrogens is 350 g/mol. The molecule has 1 fully saturated rings. The maximum absolute atomic E-state index is 13.0. The average Bonchev–Trinajstić information content (AvgIpc) is 2.96. The molecule has 2 aliphatic rings. The summed E-state index contributed by atoms with van der Waals surface area (Å²) in [4.78, 5) is 17.7. The Kier molecular flexibility index (Phi) is 4.28. The van der Waals surface area contributed by atoms with E-state index in [9.17, 15) is 13.2 Å². The number of sulfonamides is 1. The maximum Gasteiger partial charge on any atom is 0.243 e. The van der Waals surface area contributed by atoms with Crippen LogP contribution < -0.4 is 4.90 Å². The number of likely N-dealkylation sites (N-methyl/N-ethyl adjacent to an activating group) is 1. The number of anilines is 1. The number of nitrogens with zero attached hydrogens (tertiary/aromatic N) is 3. The third-order valence-corrected chi connectivity index (χ3v) is 7.29. The highest BCUT2D eigenvalue weighted by atomic mass is 32.2. The minimum atomic E-state index is -3.53. The predicted octanol–water partition coefficient (Wildman–Crippen LogP) is 2.17. The van der Waals surface area contributed by atoms with Crippen LogP contribution in [0.1, 0.15) is 29.9 Å². The highest BCUT2D eigenvalue weighted by Gasteiger charge is 2.32. The van der Waals surface area contributed by atoms with Crippen molar-refractivity contribution in [2.24, 2.45) is 0 Å². The summed E-state index contributed by atoms with van der Waals surface area (Å²) in [5.41, 5.74) is 2.80. The molecule has 0 saturated carbocycles. The second-order valence-corrected chi connectivity index (χ2v) is 8.82. The fourth-order valence-corrected chi connectivity index (χ4v) is 5.34. The Morgan fingerprint density at radius 2 is 1.77 bits per heavy atom. The number of fused-ring (bicyclic) bond motifs is 1. The number of rotatable bonds is 3. The molecule has 136 valence electrons. The third-order valence-electron chi connectivity index (χ3n) is 5.40. The first-order valence-electron chi connectivity index (χ1n) is 8.76. The molecule has 0 spiro atoms. The fraction of sp³-hybridized carbons (Fsp3) is 0.368. The molecule has 6 nitrogen and oxygen atoms in total. The van der Waals surface area contributed by atoms with Gasteiger partial charge in [-0.2, -0.15) is 4.31 Å². The first-order chi connectivity index (χ1) is 12.5. The molecule has 1 amide bonds. The van der Waals surface area contributed by atoms with Gasteiger partial charge in [-0.1, -0.05) is 0 Å². The number of carbonyl (C=O) groups is 1. The van der Waals surface area contributed by atoms with Crippen molar-refractivity contribution in [2.75, 3.05) is 25.0 Å². The zero-order valence-electron chi connectivity index (χ0n) is 14.6. The molecule has 1 aromatic carbocycles. The molecule has 4 rings (SSSR count). The SMILES string of the molecule is CN1C(=O)Cc2cc(S(=O)(=O)N3CCC(c4ccncc4)CC3)ccc21. The van der Waals surface area contributed by atoms with Gasteiger partial charge in [-0.25, -0.2) is 8.42 Å². The molecular formula is C19H21N3O3S. The van der Waals surface area contributed by atoms with Crippen molar-refractivity contribution in [2.45, 2.75) is 30.1 Å². The van der Waals surface area contributed by atoms with Crippen LogP contribution in [-0.2, 0) is 21.2 Å². The van der Waals surface area contributed by atoms with Crippen LogP contribution in [0, 0.1) is 0 Å². The molecule has 26 heavy (non-hydrogen) atoms. The van der Waals surface area contributed by atoms with E-state index in [0.29, 0.717) is 19.0 Å². The van der Waals surface area contributed by atoms with Crippen LogP contribution in [0.5, 0.6) is 0 Å². The molecule has 3 heterocycles. The summed E-state index contributed by atoms with van der Waals surface area (Å²) in [7, 11) is -1.82. The minimum absolute atomic E-state index is 0.00675. The van der Waals surface area contributed by atoms with Crippen LogP contribution in [0.4, 0.5) is 5.69 Å². The molecule has 0 radical (unpaired) electrons. The second-order valence-electron chi connectivity index (χ2n) is 6.88. The lowest BCUT2D eigenvalue weighted by atomic mass is 9.91. The first kappa shape index (κ1) is 17.2. The van der Waals surface area contributed by atoms with Gasteiger partial charge in [0.1, 0.15) is 0 Å². The number of aromatic nitrogens is 1. The predicted molar refractivity (Wildman–Crippen MR) is 98.5 cm³/mol. The highest BCUT2D eigenvalue weighted by molar-refractivity contribution is 7.89. The Morgan fingerprint density at radius 3 is 2.46 bits per heavy atom. The summed E-state index contributed by atoms with van der Waals surface area (Å²) in [5, 5.41) is 0. The van der Waals surface area contributed by atoms with Crippen LogP contribution in [-0.4, -0.2) is 43.8 Å². The largest absolute Gasteiger partial charge is 0.315 e. The Labute approximate surface area is 153 Å². The van der Waals surface area contributed by atoms with Crippen LogP contribution >= 0.6 is 0 Å². The van der Waals surface area contributed by atoms with Gasteiger partial charge in [-0.3, -0.25) is 9.78 Å². The van der Waals surface area contributed by atoms with Gasteiger partial charge in [-0.05, 0) is 60.2 Å². The minimum Gasteiger partial charge on any atom is -0.315 e. The Hall–Kier alpha value is -2.25. The topological polar surface area (TPSA) is 70.6 Å². The van der Waals surface area contributed by atoms with Crippen LogP contribution in [0.15, 0.2) is 47.6 Å². The van der Waals surface area contributed by atoms with Gasteiger partial charge >= 0.3 is 0 Å². The van der Waals surface area contributed by atoms with Gasteiger partial charge in [-0.15, -0.1) is 0 Å². The smallest absolute Gasteiger partial charge is 0.243 e. The number of hydrogen-bond donors (Lipinski definition) is 0. The summed E-state index contributed by atoms with van der Waals surface area (Å²) in [5.74, 6) is 0.364. The van der Waals surface area contributed by atoms with Gasteiger partial charge in [0.15, 0.2) is 0 Å². The molecule has 2 aromatic rings. The third kappa shape index (κ3) is 2.91. The molecule has 0 unspecified atom stereocenters. The van der Waals surface area contributed by atoms with Crippen molar-refractivity contribution >= 4 is 21.6 Å². The number of pyridine rings is 1.